The number of nitrogen functional groups attached to an aromatic ring is 1. The number of anilines is 4. The van der Waals surface area contributed by atoms with Gasteiger partial charge in [0.2, 0.25) is 0 Å². The molecule has 0 aliphatic rings. The number of benzene rings is 6. The van der Waals surface area contributed by atoms with E-state index in [1.807, 2.05) is 31.2 Å². The normalized spacial score (nSPS) is 11.2. The summed E-state index contributed by atoms with van der Waals surface area (Å²) in [4.78, 5) is 2.30. The second kappa shape index (κ2) is 12.5. The average molecular weight is 555 g/mol. The van der Waals surface area contributed by atoms with Crippen LogP contribution in [-0.4, -0.2) is 0 Å². The van der Waals surface area contributed by atoms with Gasteiger partial charge in [0.25, 0.3) is 0 Å². The lowest BCUT2D eigenvalue weighted by Gasteiger charge is -2.26. The number of nitrogens with zero attached hydrogens (tertiary/aromatic N) is 1. The summed E-state index contributed by atoms with van der Waals surface area (Å²) in [6.07, 6.45) is 3.98. The molecular formula is C41H34N2. The van der Waals surface area contributed by atoms with Gasteiger partial charge in [0.15, 0.2) is 0 Å². The van der Waals surface area contributed by atoms with Crippen molar-refractivity contribution in [2.75, 3.05) is 10.6 Å². The molecule has 0 unspecified atom stereocenters. The minimum Gasteiger partial charge on any atom is -0.399 e. The van der Waals surface area contributed by atoms with Crippen molar-refractivity contribution < 1.29 is 0 Å². The Morgan fingerprint density at radius 3 is 1.21 bits per heavy atom. The minimum absolute atomic E-state index is 0.768. The van der Waals surface area contributed by atoms with Crippen molar-refractivity contribution in [2.45, 2.75) is 6.92 Å². The largest absolute Gasteiger partial charge is 0.399 e. The van der Waals surface area contributed by atoms with E-state index in [0.29, 0.717) is 0 Å². The zero-order chi connectivity index (χ0) is 29.6. The molecule has 0 fully saturated rings. The van der Waals surface area contributed by atoms with E-state index in [-0.39, 0.29) is 0 Å². The Labute approximate surface area is 254 Å². The Hall–Kier alpha value is -5.60. The monoisotopic (exact) mass is 554 g/mol. The Morgan fingerprint density at radius 2 is 0.837 bits per heavy atom. The summed E-state index contributed by atoms with van der Waals surface area (Å²) in [5.41, 5.74) is 19.3. The molecule has 2 nitrogen and oxygen atoms in total. The van der Waals surface area contributed by atoms with Crippen LogP contribution in [0.5, 0.6) is 0 Å². The lowest BCUT2D eigenvalue weighted by Crippen LogP contribution is -2.09. The van der Waals surface area contributed by atoms with Gasteiger partial charge in [0.05, 0.1) is 0 Å². The van der Waals surface area contributed by atoms with Gasteiger partial charge in [-0.2, -0.15) is 0 Å². The Balaban J connectivity index is 1.35. The first-order chi connectivity index (χ1) is 21.1. The average Bonchev–Trinajstić information content (AvgIpc) is 3.08. The SMILES string of the molecule is C=C/C(=C\C)c1ccc(-c2ccc(N(c3ccc(-c4ccccc4)cc3)c3ccc(-c4ccc(N)cc4)cc3)cc2)cc1. The Kier molecular flexibility index (Phi) is 8.02. The van der Waals surface area contributed by atoms with Gasteiger partial charge < -0.3 is 10.6 Å². The fourth-order valence-corrected chi connectivity index (χ4v) is 5.42. The van der Waals surface area contributed by atoms with E-state index in [4.69, 9.17) is 5.73 Å². The fraction of sp³-hybridized carbons (Fsp3) is 0.0244. The van der Waals surface area contributed by atoms with Crippen molar-refractivity contribution in [3.8, 4) is 33.4 Å². The summed E-state index contributed by atoms with van der Waals surface area (Å²) in [5, 5.41) is 0. The number of hydrogen-bond acceptors (Lipinski definition) is 2. The molecule has 2 N–H and O–H groups in total. The van der Waals surface area contributed by atoms with Gasteiger partial charge in [-0.15, -0.1) is 0 Å². The highest BCUT2D eigenvalue weighted by molar-refractivity contribution is 5.81. The van der Waals surface area contributed by atoms with Crippen molar-refractivity contribution in [3.63, 3.8) is 0 Å². The molecule has 43 heavy (non-hydrogen) atoms. The standard InChI is InChI=1S/C41H34N2/c1-3-30(4-2)32-10-12-33(13-11-32)36-18-26-40(27-19-36)43(39-24-16-35(17-25-39)31-8-6-5-7-9-31)41-28-20-37(21-29-41)34-14-22-38(42)23-15-34/h3-29H,1,42H2,2H3/b30-4+. The maximum Gasteiger partial charge on any atom is 0.0462 e. The molecule has 0 saturated heterocycles. The molecule has 208 valence electrons. The molecule has 2 heteroatoms. The van der Waals surface area contributed by atoms with Crippen LogP contribution < -0.4 is 10.6 Å². The second-order valence-corrected chi connectivity index (χ2v) is 10.5. The maximum absolute atomic E-state index is 5.91. The topological polar surface area (TPSA) is 29.3 Å². The lowest BCUT2D eigenvalue weighted by atomic mass is 9.99. The molecule has 0 heterocycles. The van der Waals surface area contributed by atoms with E-state index >= 15 is 0 Å². The molecule has 0 saturated carbocycles. The quantitative estimate of drug-likeness (QED) is 0.150. The lowest BCUT2D eigenvalue weighted by molar-refractivity contribution is 1.28. The maximum atomic E-state index is 5.91. The van der Waals surface area contributed by atoms with Crippen LogP contribution in [0, 0.1) is 0 Å². The van der Waals surface area contributed by atoms with Gasteiger partial charge in [-0.1, -0.05) is 122 Å². The Morgan fingerprint density at radius 1 is 0.488 bits per heavy atom. The molecule has 0 radical (unpaired) electrons. The summed E-state index contributed by atoms with van der Waals surface area (Å²) in [7, 11) is 0. The van der Waals surface area contributed by atoms with Crippen LogP contribution in [-0.2, 0) is 0 Å². The van der Waals surface area contributed by atoms with Crippen LogP contribution in [0.3, 0.4) is 0 Å². The zero-order valence-electron chi connectivity index (χ0n) is 24.3. The van der Waals surface area contributed by atoms with Crippen molar-refractivity contribution in [3.05, 3.63) is 176 Å². The highest BCUT2D eigenvalue weighted by Gasteiger charge is 2.14. The summed E-state index contributed by atoms with van der Waals surface area (Å²) >= 11 is 0. The summed E-state index contributed by atoms with van der Waals surface area (Å²) in [6, 6.07) is 53.4. The Bertz CT molecular complexity index is 1830. The van der Waals surface area contributed by atoms with Gasteiger partial charge >= 0.3 is 0 Å². The van der Waals surface area contributed by atoms with Gasteiger partial charge in [-0.05, 0) is 100.0 Å². The van der Waals surface area contributed by atoms with Crippen LogP contribution in [0.1, 0.15) is 12.5 Å². The third kappa shape index (κ3) is 6.05. The summed E-state index contributed by atoms with van der Waals surface area (Å²) in [6.45, 7) is 5.97. The molecule has 0 bridgehead atoms. The van der Waals surface area contributed by atoms with Crippen molar-refractivity contribution >= 4 is 28.3 Å². The molecule has 6 aromatic carbocycles. The molecule has 0 atom stereocenters. The van der Waals surface area contributed by atoms with E-state index in [1.54, 1.807) is 0 Å². The smallest absolute Gasteiger partial charge is 0.0462 e. The first-order valence-corrected chi connectivity index (χ1v) is 14.5. The van der Waals surface area contributed by atoms with Gasteiger partial charge in [0, 0.05) is 22.7 Å². The van der Waals surface area contributed by atoms with Crippen LogP contribution in [0.2, 0.25) is 0 Å². The van der Waals surface area contributed by atoms with Crippen molar-refractivity contribution in [2.24, 2.45) is 0 Å². The highest BCUT2D eigenvalue weighted by atomic mass is 15.1. The van der Waals surface area contributed by atoms with E-state index in [0.717, 1.165) is 39.4 Å². The number of nitrogens with two attached hydrogens (primary N) is 1. The second-order valence-electron chi connectivity index (χ2n) is 10.5. The van der Waals surface area contributed by atoms with E-state index in [2.05, 4.69) is 151 Å². The van der Waals surface area contributed by atoms with Crippen molar-refractivity contribution in [1.82, 2.24) is 0 Å². The predicted molar refractivity (Wildman–Crippen MR) is 186 cm³/mol. The van der Waals surface area contributed by atoms with Gasteiger partial charge in [0.1, 0.15) is 0 Å². The molecule has 0 spiro atoms. The third-order valence-electron chi connectivity index (χ3n) is 7.81. The number of hydrogen-bond donors (Lipinski definition) is 1. The third-order valence-corrected chi connectivity index (χ3v) is 7.81. The van der Waals surface area contributed by atoms with Crippen LogP contribution in [0.25, 0.3) is 39.0 Å². The molecule has 6 rings (SSSR count). The summed E-state index contributed by atoms with van der Waals surface area (Å²) < 4.78 is 0. The molecule has 0 aliphatic heterocycles. The van der Waals surface area contributed by atoms with Gasteiger partial charge in [-0.3, -0.25) is 0 Å². The van der Waals surface area contributed by atoms with Crippen LogP contribution >= 0.6 is 0 Å². The first kappa shape index (κ1) is 27.6. The van der Waals surface area contributed by atoms with Crippen LogP contribution in [0.4, 0.5) is 22.7 Å². The molecule has 0 aliphatic carbocycles. The zero-order valence-corrected chi connectivity index (χ0v) is 24.3. The molecular weight excluding hydrogens is 520 g/mol. The summed E-state index contributed by atoms with van der Waals surface area (Å²) in [5.74, 6) is 0. The molecule has 6 aromatic rings. The molecule has 0 amide bonds. The predicted octanol–water partition coefficient (Wildman–Crippen LogP) is 11.3. The fourth-order valence-electron chi connectivity index (χ4n) is 5.42. The number of rotatable bonds is 8. The minimum atomic E-state index is 0.768. The van der Waals surface area contributed by atoms with E-state index < -0.39 is 0 Å². The van der Waals surface area contributed by atoms with Crippen molar-refractivity contribution in [1.29, 1.82) is 0 Å². The number of allylic oxidation sites excluding steroid dienone is 3. The van der Waals surface area contributed by atoms with E-state index in [1.165, 1.54) is 27.8 Å². The highest BCUT2D eigenvalue weighted by Crippen LogP contribution is 2.37. The van der Waals surface area contributed by atoms with Gasteiger partial charge in [-0.25, -0.2) is 0 Å². The first-order valence-electron chi connectivity index (χ1n) is 14.5. The molecule has 0 aromatic heterocycles. The van der Waals surface area contributed by atoms with Crippen LogP contribution in [0.15, 0.2) is 170 Å². The van der Waals surface area contributed by atoms with E-state index in [9.17, 15) is 0 Å².